The molecule has 0 bridgehead atoms. The summed E-state index contributed by atoms with van der Waals surface area (Å²) < 4.78 is 7.05. The standard InChI is InChI=1S/C10H18N4OS/c1-10(2,3)7-6-16-9-12-11-8(5-15-4)14(9)13-7/h7,13H,5-6H2,1-4H3. The molecule has 6 heteroatoms. The van der Waals surface area contributed by atoms with Gasteiger partial charge in [-0.25, -0.2) is 4.68 Å². The predicted octanol–water partition coefficient (Wildman–Crippen LogP) is 1.49. The Morgan fingerprint density at radius 3 is 2.88 bits per heavy atom. The molecule has 16 heavy (non-hydrogen) atoms. The van der Waals surface area contributed by atoms with Crippen molar-refractivity contribution in [3.8, 4) is 0 Å². The number of thioether (sulfide) groups is 1. The zero-order valence-corrected chi connectivity index (χ0v) is 11.0. The van der Waals surface area contributed by atoms with Gasteiger partial charge in [-0.15, -0.1) is 10.2 Å². The first kappa shape index (κ1) is 11.7. The van der Waals surface area contributed by atoms with Crippen molar-refractivity contribution in [2.24, 2.45) is 5.41 Å². The fourth-order valence-electron chi connectivity index (χ4n) is 1.54. The summed E-state index contributed by atoms with van der Waals surface area (Å²) >= 11 is 1.74. The maximum atomic E-state index is 5.10. The van der Waals surface area contributed by atoms with Crippen LogP contribution in [0, 0.1) is 5.41 Å². The minimum Gasteiger partial charge on any atom is -0.377 e. The van der Waals surface area contributed by atoms with E-state index in [9.17, 15) is 0 Å². The van der Waals surface area contributed by atoms with Crippen molar-refractivity contribution in [2.45, 2.75) is 38.6 Å². The summed E-state index contributed by atoms with van der Waals surface area (Å²) in [5.41, 5.74) is 3.68. The first-order chi connectivity index (χ1) is 7.52. The minimum absolute atomic E-state index is 0.222. The van der Waals surface area contributed by atoms with Crippen molar-refractivity contribution in [1.82, 2.24) is 14.9 Å². The lowest BCUT2D eigenvalue weighted by molar-refractivity contribution is 0.173. The minimum atomic E-state index is 0.222. The number of nitrogens with one attached hydrogen (secondary N) is 1. The molecule has 0 aromatic carbocycles. The van der Waals surface area contributed by atoms with Gasteiger partial charge >= 0.3 is 0 Å². The van der Waals surface area contributed by atoms with E-state index in [0.29, 0.717) is 12.6 Å². The van der Waals surface area contributed by atoms with Crippen LogP contribution < -0.4 is 5.43 Å². The van der Waals surface area contributed by atoms with Gasteiger partial charge in [-0.1, -0.05) is 32.5 Å². The second-order valence-corrected chi connectivity index (χ2v) is 6.01. The van der Waals surface area contributed by atoms with Crippen LogP contribution in [0.2, 0.25) is 0 Å². The monoisotopic (exact) mass is 242 g/mol. The Bertz CT molecular complexity index is 371. The second-order valence-electron chi connectivity index (χ2n) is 5.03. The summed E-state index contributed by atoms with van der Waals surface area (Å²) in [4.78, 5) is 0. The Balaban J connectivity index is 2.21. The lowest BCUT2D eigenvalue weighted by Gasteiger charge is -2.35. The van der Waals surface area contributed by atoms with Gasteiger partial charge in [-0.05, 0) is 5.41 Å². The molecule has 0 saturated carbocycles. The summed E-state index contributed by atoms with van der Waals surface area (Å²) in [6.07, 6.45) is 0. The number of hydrogen-bond donors (Lipinski definition) is 1. The molecule has 90 valence electrons. The van der Waals surface area contributed by atoms with E-state index in [-0.39, 0.29) is 5.41 Å². The molecule has 2 rings (SSSR count). The summed E-state index contributed by atoms with van der Waals surface area (Å²) in [5.74, 6) is 1.85. The number of methoxy groups -OCH3 is 1. The molecule has 1 aromatic rings. The van der Waals surface area contributed by atoms with Gasteiger partial charge in [0.1, 0.15) is 6.61 Å². The maximum Gasteiger partial charge on any atom is 0.210 e. The molecular formula is C10H18N4OS. The van der Waals surface area contributed by atoms with E-state index in [2.05, 4.69) is 36.4 Å². The first-order valence-corrected chi connectivity index (χ1v) is 6.33. The Morgan fingerprint density at radius 1 is 1.50 bits per heavy atom. The Labute approximate surface area is 99.9 Å². The molecule has 2 heterocycles. The first-order valence-electron chi connectivity index (χ1n) is 5.35. The van der Waals surface area contributed by atoms with Crippen molar-refractivity contribution in [3.05, 3.63) is 5.82 Å². The van der Waals surface area contributed by atoms with Crippen LogP contribution in [0.1, 0.15) is 26.6 Å². The van der Waals surface area contributed by atoms with Gasteiger partial charge in [0.2, 0.25) is 5.16 Å². The average molecular weight is 242 g/mol. The van der Waals surface area contributed by atoms with Crippen LogP contribution in [-0.4, -0.2) is 33.8 Å². The van der Waals surface area contributed by atoms with Gasteiger partial charge in [0.15, 0.2) is 5.82 Å². The highest BCUT2D eigenvalue weighted by atomic mass is 32.2. The summed E-state index contributed by atoms with van der Waals surface area (Å²) in [7, 11) is 1.67. The normalized spacial score (nSPS) is 20.4. The van der Waals surface area contributed by atoms with E-state index in [0.717, 1.165) is 16.7 Å². The van der Waals surface area contributed by atoms with Gasteiger partial charge in [0, 0.05) is 12.9 Å². The SMILES string of the molecule is COCc1nnc2n1NC(C(C)(C)C)CS2. The van der Waals surface area contributed by atoms with Crippen molar-refractivity contribution >= 4 is 11.8 Å². The Morgan fingerprint density at radius 2 is 2.25 bits per heavy atom. The summed E-state index contributed by atoms with van der Waals surface area (Å²) in [6.45, 7) is 7.18. The smallest absolute Gasteiger partial charge is 0.210 e. The number of nitrogens with zero attached hydrogens (tertiary/aromatic N) is 3. The number of aromatic nitrogens is 3. The fraction of sp³-hybridized carbons (Fsp3) is 0.800. The van der Waals surface area contributed by atoms with Crippen molar-refractivity contribution in [2.75, 3.05) is 18.3 Å². The largest absolute Gasteiger partial charge is 0.377 e. The van der Waals surface area contributed by atoms with Crippen molar-refractivity contribution < 1.29 is 4.74 Å². The molecule has 0 aliphatic carbocycles. The van der Waals surface area contributed by atoms with Gasteiger partial charge in [0.25, 0.3) is 0 Å². The fourth-order valence-corrected chi connectivity index (χ4v) is 2.82. The van der Waals surface area contributed by atoms with Crippen LogP contribution in [0.4, 0.5) is 0 Å². The van der Waals surface area contributed by atoms with Gasteiger partial charge in [0.05, 0.1) is 6.04 Å². The average Bonchev–Trinajstić information content (AvgIpc) is 2.60. The van der Waals surface area contributed by atoms with E-state index in [1.54, 1.807) is 18.9 Å². The number of fused-ring (bicyclic) bond motifs is 1. The van der Waals surface area contributed by atoms with E-state index >= 15 is 0 Å². The highest BCUT2D eigenvalue weighted by Gasteiger charge is 2.30. The third-order valence-electron chi connectivity index (χ3n) is 2.68. The zero-order chi connectivity index (χ0) is 11.8. The van der Waals surface area contributed by atoms with Gasteiger partial charge in [-0.3, -0.25) is 0 Å². The van der Waals surface area contributed by atoms with Crippen LogP contribution in [0.3, 0.4) is 0 Å². The molecule has 1 aromatic heterocycles. The molecule has 0 spiro atoms. The zero-order valence-electron chi connectivity index (χ0n) is 10.1. The van der Waals surface area contributed by atoms with Crippen LogP contribution in [0.5, 0.6) is 0 Å². The highest BCUT2D eigenvalue weighted by Crippen LogP contribution is 2.30. The van der Waals surface area contributed by atoms with Crippen molar-refractivity contribution in [3.63, 3.8) is 0 Å². The molecular weight excluding hydrogens is 224 g/mol. The molecule has 0 radical (unpaired) electrons. The molecule has 0 amide bonds. The summed E-state index contributed by atoms with van der Waals surface area (Å²) in [6, 6.07) is 0.414. The van der Waals surface area contributed by atoms with E-state index in [1.165, 1.54) is 0 Å². The van der Waals surface area contributed by atoms with Crippen LogP contribution in [-0.2, 0) is 11.3 Å². The third-order valence-corrected chi connectivity index (χ3v) is 3.71. The Hall–Kier alpha value is -0.750. The highest BCUT2D eigenvalue weighted by molar-refractivity contribution is 7.99. The lowest BCUT2D eigenvalue weighted by Crippen LogP contribution is -2.44. The molecule has 1 aliphatic rings. The van der Waals surface area contributed by atoms with Crippen molar-refractivity contribution in [1.29, 1.82) is 0 Å². The quantitative estimate of drug-likeness (QED) is 0.851. The van der Waals surface area contributed by atoms with E-state index < -0.39 is 0 Å². The molecule has 1 atom stereocenters. The van der Waals surface area contributed by atoms with E-state index in [1.807, 2.05) is 4.68 Å². The predicted molar refractivity (Wildman–Crippen MR) is 64.1 cm³/mol. The number of hydrogen-bond acceptors (Lipinski definition) is 5. The third kappa shape index (κ3) is 2.17. The Kier molecular flexibility index (Phi) is 3.12. The van der Waals surface area contributed by atoms with Crippen LogP contribution >= 0.6 is 11.8 Å². The molecule has 1 N–H and O–H groups in total. The molecule has 0 fully saturated rings. The van der Waals surface area contributed by atoms with Crippen LogP contribution in [0.25, 0.3) is 0 Å². The van der Waals surface area contributed by atoms with Gasteiger partial charge in [-0.2, -0.15) is 0 Å². The topological polar surface area (TPSA) is 52.0 Å². The van der Waals surface area contributed by atoms with E-state index in [4.69, 9.17) is 4.74 Å². The maximum absolute atomic E-state index is 5.10. The molecule has 1 aliphatic heterocycles. The molecule has 0 saturated heterocycles. The molecule has 5 nitrogen and oxygen atoms in total. The number of ether oxygens (including phenoxy) is 1. The number of rotatable bonds is 2. The lowest BCUT2D eigenvalue weighted by atomic mass is 9.88. The summed E-state index contributed by atoms with van der Waals surface area (Å²) in [5, 5.41) is 9.16. The van der Waals surface area contributed by atoms with Crippen LogP contribution in [0.15, 0.2) is 5.16 Å². The van der Waals surface area contributed by atoms with Gasteiger partial charge < -0.3 is 10.2 Å². The second kappa shape index (κ2) is 4.25. The molecule has 1 unspecified atom stereocenters.